The van der Waals surface area contributed by atoms with Crippen LogP contribution in [0.3, 0.4) is 0 Å². The van der Waals surface area contributed by atoms with E-state index in [4.69, 9.17) is 0 Å². The minimum Gasteiger partial charge on any atom is -0.469 e. The van der Waals surface area contributed by atoms with E-state index in [1.54, 1.807) is 0 Å². The van der Waals surface area contributed by atoms with Crippen LogP contribution in [0.5, 0.6) is 0 Å². The fourth-order valence-electron chi connectivity index (χ4n) is 2.36. The molecule has 2 aliphatic heterocycles. The number of esters is 1. The van der Waals surface area contributed by atoms with Crippen molar-refractivity contribution in [2.24, 2.45) is 0 Å². The van der Waals surface area contributed by atoms with E-state index in [1.165, 1.54) is 7.11 Å². The molecule has 17 heavy (non-hydrogen) atoms. The van der Waals surface area contributed by atoms with Gasteiger partial charge in [0.05, 0.1) is 19.2 Å². The van der Waals surface area contributed by atoms with Crippen molar-refractivity contribution in [2.75, 3.05) is 12.9 Å². The number of methoxy groups -OCH3 is 1. The summed E-state index contributed by atoms with van der Waals surface area (Å²) in [6, 6.07) is 0.517. The van der Waals surface area contributed by atoms with Crippen LogP contribution in [0, 0.1) is 0 Å². The summed E-state index contributed by atoms with van der Waals surface area (Å²) in [6.45, 7) is 0. The fourth-order valence-corrected chi connectivity index (χ4v) is 3.90. The van der Waals surface area contributed by atoms with E-state index in [2.05, 4.69) is 15.4 Å². The summed E-state index contributed by atoms with van der Waals surface area (Å²) in [5, 5.41) is 6.37. The minimum atomic E-state index is -0.141. The Morgan fingerprint density at radius 1 is 1.47 bits per heavy atom. The van der Waals surface area contributed by atoms with Gasteiger partial charge in [-0.1, -0.05) is 6.42 Å². The molecule has 0 bridgehead atoms. The molecule has 2 fully saturated rings. The molecule has 0 saturated carbocycles. The van der Waals surface area contributed by atoms with E-state index in [9.17, 15) is 9.59 Å². The average Bonchev–Trinajstić information content (AvgIpc) is 2.84. The third-order valence-corrected chi connectivity index (χ3v) is 4.79. The summed E-state index contributed by atoms with van der Waals surface area (Å²) < 4.78 is 4.59. The summed E-state index contributed by atoms with van der Waals surface area (Å²) in [6.07, 6.45) is 3.41. The van der Waals surface area contributed by atoms with Gasteiger partial charge in [0.25, 0.3) is 0 Å². The molecule has 96 valence electrons. The molecule has 6 heteroatoms. The van der Waals surface area contributed by atoms with Crippen LogP contribution in [0.2, 0.25) is 0 Å². The molecule has 0 aliphatic carbocycles. The van der Waals surface area contributed by atoms with Gasteiger partial charge in [-0.15, -0.1) is 0 Å². The molecule has 2 amide bonds. The Kier molecular flexibility index (Phi) is 4.15. The molecule has 2 rings (SSSR count). The van der Waals surface area contributed by atoms with Crippen molar-refractivity contribution in [3.8, 4) is 0 Å². The predicted molar refractivity (Wildman–Crippen MR) is 66.0 cm³/mol. The van der Waals surface area contributed by atoms with Crippen LogP contribution in [-0.2, 0) is 9.53 Å². The highest BCUT2D eigenvalue weighted by molar-refractivity contribution is 8.00. The van der Waals surface area contributed by atoms with Crippen LogP contribution >= 0.6 is 11.8 Å². The summed E-state index contributed by atoms with van der Waals surface area (Å²) in [4.78, 5) is 22.1. The maximum atomic E-state index is 11.2. The number of carbonyl (C=O) groups excluding carboxylic acids is 2. The molecule has 0 aromatic carbocycles. The molecule has 1 unspecified atom stereocenters. The van der Waals surface area contributed by atoms with E-state index in [-0.39, 0.29) is 24.1 Å². The lowest BCUT2D eigenvalue weighted by Gasteiger charge is -2.16. The number of rotatable bonds is 5. The molecule has 0 aromatic heterocycles. The fraction of sp³-hybridized carbons (Fsp3) is 0.818. The van der Waals surface area contributed by atoms with Gasteiger partial charge in [0.1, 0.15) is 0 Å². The normalized spacial score (nSPS) is 30.6. The quantitative estimate of drug-likeness (QED) is 0.436. The number of thioether (sulfide) groups is 1. The standard InChI is InChI=1S/C11H18N2O3S/c1-16-9(14)5-3-2-4-8-10-7(6-17-8)12-11(15)13-10/h7-8,10H,2-6H2,1H3,(H2,12,13,15)/t7?,8-,10+/m1/s1. The largest absolute Gasteiger partial charge is 0.469 e. The van der Waals surface area contributed by atoms with E-state index >= 15 is 0 Å². The lowest BCUT2D eigenvalue weighted by molar-refractivity contribution is -0.140. The number of fused-ring (bicyclic) bond motifs is 1. The van der Waals surface area contributed by atoms with Gasteiger partial charge in [-0.25, -0.2) is 4.79 Å². The van der Waals surface area contributed by atoms with Crippen molar-refractivity contribution in [1.82, 2.24) is 10.6 Å². The van der Waals surface area contributed by atoms with Crippen molar-refractivity contribution in [3.05, 3.63) is 0 Å². The van der Waals surface area contributed by atoms with Crippen LogP contribution in [-0.4, -0.2) is 42.2 Å². The highest BCUT2D eigenvalue weighted by Gasteiger charge is 2.42. The van der Waals surface area contributed by atoms with Crippen LogP contribution in [0.4, 0.5) is 4.79 Å². The van der Waals surface area contributed by atoms with Crippen LogP contribution in [0.1, 0.15) is 25.7 Å². The van der Waals surface area contributed by atoms with E-state index in [0.29, 0.717) is 11.7 Å². The number of ether oxygens (including phenoxy) is 1. The third-order valence-electron chi connectivity index (χ3n) is 3.29. The molecule has 0 spiro atoms. The number of hydrogen-bond acceptors (Lipinski definition) is 4. The van der Waals surface area contributed by atoms with Gasteiger partial charge in [0, 0.05) is 17.4 Å². The Balaban J connectivity index is 1.66. The lowest BCUT2D eigenvalue weighted by Crippen LogP contribution is -2.36. The number of unbranched alkanes of at least 4 members (excludes halogenated alkanes) is 1. The molecular weight excluding hydrogens is 240 g/mol. The molecule has 2 aliphatic rings. The van der Waals surface area contributed by atoms with E-state index in [1.807, 2.05) is 11.8 Å². The first-order valence-corrected chi connectivity index (χ1v) is 7.01. The number of carbonyl (C=O) groups is 2. The highest BCUT2D eigenvalue weighted by Crippen LogP contribution is 2.33. The number of amides is 2. The Labute approximate surface area is 105 Å². The van der Waals surface area contributed by atoms with Crippen molar-refractivity contribution in [3.63, 3.8) is 0 Å². The Morgan fingerprint density at radius 3 is 3.06 bits per heavy atom. The van der Waals surface area contributed by atoms with Gasteiger partial charge >= 0.3 is 12.0 Å². The summed E-state index contributed by atoms with van der Waals surface area (Å²) >= 11 is 1.91. The van der Waals surface area contributed by atoms with Gasteiger partial charge in [-0.05, 0) is 12.8 Å². The minimum absolute atomic E-state index is 0.0418. The number of nitrogens with one attached hydrogen (secondary N) is 2. The van der Waals surface area contributed by atoms with Crippen LogP contribution < -0.4 is 10.6 Å². The summed E-state index contributed by atoms with van der Waals surface area (Å²) in [7, 11) is 1.42. The number of hydrogen-bond donors (Lipinski definition) is 2. The van der Waals surface area contributed by atoms with Gasteiger partial charge < -0.3 is 15.4 Å². The first-order chi connectivity index (χ1) is 8.20. The average molecular weight is 258 g/mol. The van der Waals surface area contributed by atoms with Gasteiger partial charge in [0.15, 0.2) is 0 Å². The Hall–Kier alpha value is -0.910. The molecule has 0 radical (unpaired) electrons. The second kappa shape index (κ2) is 5.62. The van der Waals surface area contributed by atoms with Crippen molar-refractivity contribution >= 4 is 23.8 Å². The highest BCUT2D eigenvalue weighted by atomic mass is 32.2. The van der Waals surface area contributed by atoms with Gasteiger partial charge in [-0.2, -0.15) is 11.8 Å². The van der Waals surface area contributed by atoms with Crippen molar-refractivity contribution in [1.29, 1.82) is 0 Å². The van der Waals surface area contributed by atoms with Crippen molar-refractivity contribution < 1.29 is 14.3 Å². The Bertz CT molecular complexity index is 311. The van der Waals surface area contributed by atoms with Crippen LogP contribution in [0.15, 0.2) is 0 Å². The van der Waals surface area contributed by atoms with Crippen LogP contribution in [0.25, 0.3) is 0 Å². The first-order valence-electron chi connectivity index (χ1n) is 5.96. The topological polar surface area (TPSA) is 67.4 Å². The van der Waals surface area contributed by atoms with Gasteiger partial charge in [-0.3, -0.25) is 4.79 Å². The summed E-state index contributed by atoms with van der Waals surface area (Å²) in [5.41, 5.74) is 0. The molecular formula is C11H18N2O3S. The van der Waals surface area contributed by atoms with E-state index < -0.39 is 0 Å². The monoisotopic (exact) mass is 258 g/mol. The molecule has 2 saturated heterocycles. The molecule has 3 atom stereocenters. The third kappa shape index (κ3) is 3.06. The van der Waals surface area contributed by atoms with Gasteiger partial charge in [0.2, 0.25) is 0 Å². The smallest absolute Gasteiger partial charge is 0.315 e. The number of urea groups is 1. The molecule has 0 aromatic rings. The Morgan fingerprint density at radius 2 is 2.29 bits per heavy atom. The predicted octanol–water partition coefficient (Wildman–Crippen LogP) is 0.885. The molecule has 2 heterocycles. The zero-order chi connectivity index (χ0) is 12.3. The zero-order valence-electron chi connectivity index (χ0n) is 9.90. The maximum absolute atomic E-state index is 11.2. The molecule has 2 N–H and O–H groups in total. The SMILES string of the molecule is COC(=O)CCCC[C@H]1SCC2NC(=O)N[C@@H]21. The second-order valence-electron chi connectivity index (χ2n) is 4.44. The lowest BCUT2D eigenvalue weighted by atomic mass is 10.0. The second-order valence-corrected chi connectivity index (χ2v) is 5.72. The zero-order valence-corrected chi connectivity index (χ0v) is 10.7. The summed E-state index contributed by atoms with van der Waals surface area (Å²) in [5.74, 6) is 0.850. The maximum Gasteiger partial charge on any atom is 0.315 e. The van der Waals surface area contributed by atoms with Crippen molar-refractivity contribution in [2.45, 2.75) is 43.0 Å². The molecule has 5 nitrogen and oxygen atoms in total. The van der Waals surface area contributed by atoms with E-state index in [0.717, 1.165) is 25.0 Å². The first kappa shape index (κ1) is 12.5.